The molecule has 0 bridgehead atoms. The average molecular weight is 230 g/mol. The van der Waals surface area contributed by atoms with E-state index in [1.807, 2.05) is 12.2 Å². The van der Waals surface area contributed by atoms with Crippen molar-refractivity contribution in [3.63, 3.8) is 0 Å². The van der Waals surface area contributed by atoms with Crippen LogP contribution in [0.3, 0.4) is 0 Å². The first-order valence-corrected chi connectivity index (χ1v) is 5.57. The van der Waals surface area contributed by atoms with Crippen molar-refractivity contribution >= 4 is 0 Å². The molecule has 1 spiro atoms. The summed E-state index contributed by atoms with van der Waals surface area (Å²) in [5, 5.41) is 9.36. The zero-order valence-corrected chi connectivity index (χ0v) is 9.69. The summed E-state index contributed by atoms with van der Waals surface area (Å²) in [7, 11) is 0. The Morgan fingerprint density at radius 2 is 2.41 bits per heavy atom. The van der Waals surface area contributed by atoms with Gasteiger partial charge in [-0.1, -0.05) is 11.8 Å². The average Bonchev–Trinajstić information content (AvgIpc) is 2.73. The normalized spacial score (nSPS) is 32.6. The SMILES string of the molecule is CC#CC#CC=C1C=C[C@@]2(CC[C@H](O)CO2)O1. The van der Waals surface area contributed by atoms with Crippen LogP contribution in [0.25, 0.3) is 0 Å². The third-order valence-corrected chi connectivity index (χ3v) is 2.61. The Morgan fingerprint density at radius 1 is 1.53 bits per heavy atom. The highest BCUT2D eigenvalue weighted by Crippen LogP contribution is 2.34. The molecule has 0 radical (unpaired) electrons. The Hall–Kier alpha value is -1.68. The van der Waals surface area contributed by atoms with Crippen molar-refractivity contribution in [2.24, 2.45) is 0 Å². The maximum absolute atomic E-state index is 9.36. The molecule has 0 aliphatic carbocycles. The van der Waals surface area contributed by atoms with Crippen LogP contribution in [0.5, 0.6) is 0 Å². The van der Waals surface area contributed by atoms with Crippen LogP contribution in [-0.2, 0) is 9.47 Å². The van der Waals surface area contributed by atoms with E-state index in [0.717, 1.165) is 0 Å². The van der Waals surface area contributed by atoms with Gasteiger partial charge in [0.2, 0.25) is 5.79 Å². The van der Waals surface area contributed by atoms with Gasteiger partial charge in [-0.15, -0.1) is 0 Å². The summed E-state index contributed by atoms with van der Waals surface area (Å²) >= 11 is 0. The van der Waals surface area contributed by atoms with Crippen molar-refractivity contribution < 1.29 is 14.6 Å². The maximum atomic E-state index is 9.36. The Morgan fingerprint density at radius 3 is 3.12 bits per heavy atom. The van der Waals surface area contributed by atoms with E-state index in [1.54, 1.807) is 13.0 Å². The van der Waals surface area contributed by atoms with Gasteiger partial charge >= 0.3 is 0 Å². The molecule has 0 unspecified atom stereocenters. The Bertz CT molecular complexity index is 457. The highest BCUT2D eigenvalue weighted by Gasteiger charge is 2.39. The van der Waals surface area contributed by atoms with Crippen molar-refractivity contribution in [1.29, 1.82) is 0 Å². The van der Waals surface area contributed by atoms with E-state index >= 15 is 0 Å². The molecule has 0 aromatic rings. The minimum atomic E-state index is -0.691. The van der Waals surface area contributed by atoms with Crippen molar-refractivity contribution in [3.05, 3.63) is 24.0 Å². The summed E-state index contributed by atoms with van der Waals surface area (Å²) < 4.78 is 11.2. The molecule has 1 saturated heterocycles. The van der Waals surface area contributed by atoms with E-state index in [4.69, 9.17) is 9.47 Å². The number of hydrogen-bond donors (Lipinski definition) is 1. The molecule has 2 aliphatic rings. The molecule has 0 aromatic carbocycles. The fraction of sp³-hybridized carbons (Fsp3) is 0.429. The zero-order valence-electron chi connectivity index (χ0n) is 9.69. The fourth-order valence-electron chi connectivity index (χ4n) is 1.73. The van der Waals surface area contributed by atoms with E-state index in [1.165, 1.54) is 0 Å². The molecular formula is C14H14O3. The van der Waals surface area contributed by atoms with E-state index in [0.29, 0.717) is 25.2 Å². The lowest BCUT2D eigenvalue weighted by atomic mass is 10.0. The highest BCUT2D eigenvalue weighted by molar-refractivity contribution is 5.35. The predicted octanol–water partition coefficient (Wildman–Crippen LogP) is 1.35. The van der Waals surface area contributed by atoms with Crippen molar-refractivity contribution in [1.82, 2.24) is 0 Å². The highest BCUT2D eigenvalue weighted by atomic mass is 16.7. The van der Waals surface area contributed by atoms with Crippen LogP contribution < -0.4 is 0 Å². The minimum Gasteiger partial charge on any atom is -0.458 e. The van der Waals surface area contributed by atoms with Crippen LogP contribution in [0.15, 0.2) is 24.0 Å². The third kappa shape index (κ3) is 2.91. The molecule has 1 fully saturated rings. The molecule has 17 heavy (non-hydrogen) atoms. The number of aliphatic hydroxyl groups is 1. The third-order valence-electron chi connectivity index (χ3n) is 2.61. The predicted molar refractivity (Wildman–Crippen MR) is 63.5 cm³/mol. The van der Waals surface area contributed by atoms with Crippen molar-refractivity contribution in [2.45, 2.75) is 31.7 Å². The number of allylic oxidation sites excluding steroid dienone is 2. The minimum absolute atomic E-state index is 0.310. The van der Waals surface area contributed by atoms with Gasteiger partial charge in [0.25, 0.3) is 0 Å². The maximum Gasteiger partial charge on any atom is 0.231 e. The summed E-state index contributed by atoms with van der Waals surface area (Å²) in [6.45, 7) is 2.05. The smallest absolute Gasteiger partial charge is 0.231 e. The first-order chi connectivity index (χ1) is 8.24. The lowest BCUT2D eigenvalue weighted by Crippen LogP contribution is -2.39. The van der Waals surface area contributed by atoms with E-state index in [-0.39, 0.29) is 6.10 Å². The van der Waals surface area contributed by atoms with Crippen LogP contribution in [0.4, 0.5) is 0 Å². The second-order valence-electron chi connectivity index (χ2n) is 3.94. The monoisotopic (exact) mass is 230 g/mol. The number of rotatable bonds is 0. The number of hydrogen-bond acceptors (Lipinski definition) is 3. The quantitative estimate of drug-likeness (QED) is 0.638. The fourth-order valence-corrected chi connectivity index (χ4v) is 1.73. The van der Waals surface area contributed by atoms with E-state index in [2.05, 4.69) is 23.7 Å². The van der Waals surface area contributed by atoms with Gasteiger partial charge in [-0.25, -0.2) is 0 Å². The standard InChI is InChI=1S/C14H14O3/c1-2-3-4-5-6-13-8-10-14(17-13)9-7-12(15)11-16-14/h6,8,10,12,15H,7,9,11H2,1H3/t12-,14+/m0/s1. The summed E-state index contributed by atoms with van der Waals surface area (Å²) in [5.41, 5.74) is 0. The van der Waals surface area contributed by atoms with E-state index in [9.17, 15) is 5.11 Å². The molecule has 2 atom stereocenters. The van der Waals surface area contributed by atoms with Crippen LogP contribution in [0, 0.1) is 23.7 Å². The van der Waals surface area contributed by atoms with Gasteiger partial charge in [0.1, 0.15) is 5.76 Å². The van der Waals surface area contributed by atoms with Gasteiger partial charge in [0, 0.05) is 12.5 Å². The second-order valence-corrected chi connectivity index (χ2v) is 3.94. The van der Waals surface area contributed by atoms with Gasteiger partial charge in [-0.3, -0.25) is 0 Å². The van der Waals surface area contributed by atoms with Gasteiger partial charge < -0.3 is 14.6 Å². The molecule has 2 heterocycles. The van der Waals surface area contributed by atoms with Gasteiger partial charge in [-0.2, -0.15) is 0 Å². The van der Waals surface area contributed by atoms with Crippen molar-refractivity contribution in [3.8, 4) is 23.7 Å². The summed E-state index contributed by atoms with van der Waals surface area (Å²) in [6.07, 6.45) is 6.34. The van der Waals surface area contributed by atoms with Gasteiger partial charge in [0.15, 0.2) is 0 Å². The molecule has 88 valence electrons. The van der Waals surface area contributed by atoms with E-state index < -0.39 is 5.79 Å². The van der Waals surface area contributed by atoms with Crippen LogP contribution in [-0.4, -0.2) is 23.6 Å². The Labute approximate surface area is 101 Å². The lowest BCUT2D eigenvalue weighted by Gasteiger charge is -2.33. The molecule has 3 heteroatoms. The molecule has 0 saturated carbocycles. The molecule has 3 nitrogen and oxygen atoms in total. The Kier molecular flexibility index (Phi) is 3.54. The largest absolute Gasteiger partial charge is 0.458 e. The van der Waals surface area contributed by atoms with Crippen molar-refractivity contribution in [2.75, 3.05) is 6.61 Å². The number of ether oxygens (including phenoxy) is 2. The van der Waals surface area contributed by atoms with Crippen LogP contribution in [0.1, 0.15) is 19.8 Å². The molecule has 1 N–H and O–H groups in total. The molecule has 0 amide bonds. The van der Waals surface area contributed by atoms with Crippen LogP contribution >= 0.6 is 0 Å². The molecule has 0 aromatic heterocycles. The second kappa shape index (κ2) is 5.10. The molecular weight excluding hydrogens is 216 g/mol. The lowest BCUT2D eigenvalue weighted by molar-refractivity contribution is -0.214. The van der Waals surface area contributed by atoms with Gasteiger partial charge in [-0.05, 0) is 37.3 Å². The molecule has 2 aliphatic heterocycles. The first-order valence-electron chi connectivity index (χ1n) is 5.57. The molecule has 2 rings (SSSR count). The zero-order chi connectivity index (χ0) is 12.1. The Balaban J connectivity index is 1.98. The summed E-state index contributed by atoms with van der Waals surface area (Å²) in [6, 6.07) is 0. The summed E-state index contributed by atoms with van der Waals surface area (Å²) in [5.74, 6) is 10.8. The van der Waals surface area contributed by atoms with Crippen LogP contribution in [0.2, 0.25) is 0 Å². The topological polar surface area (TPSA) is 38.7 Å². The number of aliphatic hydroxyl groups excluding tert-OH is 1. The summed E-state index contributed by atoms with van der Waals surface area (Å²) in [4.78, 5) is 0. The van der Waals surface area contributed by atoms with Gasteiger partial charge in [0.05, 0.1) is 12.7 Å². The first kappa shape index (κ1) is 11.8.